The molecule has 0 unspecified atom stereocenters. The molecule has 0 spiro atoms. The summed E-state index contributed by atoms with van der Waals surface area (Å²) in [5, 5.41) is 12.0. The lowest BCUT2D eigenvalue weighted by Gasteiger charge is -2.16. The van der Waals surface area contributed by atoms with E-state index in [1.54, 1.807) is 0 Å². The Morgan fingerprint density at radius 1 is 1.34 bits per heavy atom. The Hall–Kier alpha value is -2.71. The van der Waals surface area contributed by atoms with Crippen LogP contribution in [0.25, 0.3) is 10.4 Å². The number of carbonyl (C=O) groups excluding carboxylic acids is 1. The van der Waals surface area contributed by atoms with Crippen molar-refractivity contribution in [3.8, 4) is 10.4 Å². The van der Waals surface area contributed by atoms with Gasteiger partial charge in [0.2, 0.25) is 0 Å². The van der Waals surface area contributed by atoms with Crippen molar-refractivity contribution in [1.29, 1.82) is 0 Å². The number of ether oxygens (including phenoxy) is 1. The number of hydrogen-bond donors (Lipinski definition) is 2. The molecule has 0 saturated heterocycles. The van der Waals surface area contributed by atoms with Gasteiger partial charge in [-0.2, -0.15) is 5.10 Å². The average Bonchev–Trinajstić information content (AvgIpc) is 3.31. The van der Waals surface area contributed by atoms with Crippen LogP contribution in [-0.4, -0.2) is 28.0 Å². The molecule has 0 amide bonds. The number of hydrogen-bond acceptors (Lipinski definition) is 5. The van der Waals surface area contributed by atoms with E-state index in [1.165, 1.54) is 18.4 Å². The molecule has 0 fully saturated rings. The van der Waals surface area contributed by atoms with Crippen LogP contribution in [0.3, 0.4) is 0 Å². The van der Waals surface area contributed by atoms with Gasteiger partial charge in [0.15, 0.2) is 5.11 Å². The molecule has 152 valence electrons. The lowest BCUT2D eigenvalue weighted by molar-refractivity contribution is 0.0602. The summed E-state index contributed by atoms with van der Waals surface area (Å²) in [7, 11) is 1.37. The van der Waals surface area contributed by atoms with E-state index in [-0.39, 0.29) is 6.04 Å². The molecule has 0 bridgehead atoms. The topological polar surface area (TPSA) is 68.2 Å². The number of thiophene rings is 1. The van der Waals surface area contributed by atoms with E-state index in [4.69, 9.17) is 17.0 Å². The van der Waals surface area contributed by atoms with E-state index in [1.807, 2.05) is 61.1 Å². The molecule has 0 aliphatic rings. The first-order valence-electron chi connectivity index (χ1n) is 9.32. The second-order valence-electron chi connectivity index (χ2n) is 6.56. The van der Waals surface area contributed by atoms with E-state index in [0.29, 0.717) is 15.7 Å². The first-order valence-corrected chi connectivity index (χ1v) is 10.5. The van der Waals surface area contributed by atoms with Crippen LogP contribution in [0.1, 0.15) is 41.5 Å². The number of rotatable bonds is 6. The largest absolute Gasteiger partial charge is 0.465 e. The number of aromatic nitrogens is 2. The summed E-state index contributed by atoms with van der Waals surface area (Å²) in [6, 6.07) is 11.7. The number of aryl methyl sites for hydroxylation is 2. The zero-order valence-electron chi connectivity index (χ0n) is 16.9. The van der Waals surface area contributed by atoms with Gasteiger partial charge in [-0.3, -0.25) is 4.68 Å². The minimum absolute atomic E-state index is 0.0227. The van der Waals surface area contributed by atoms with Gasteiger partial charge in [0.05, 0.1) is 24.4 Å². The fourth-order valence-corrected chi connectivity index (χ4v) is 4.42. The van der Waals surface area contributed by atoms with Crippen LogP contribution in [-0.2, 0) is 11.3 Å². The van der Waals surface area contributed by atoms with E-state index in [2.05, 4.69) is 22.7 Å². The Kier molecular flexibility index (Phi) is 6.66. The highest BCUT2D eigenvalue weighted by Gasteiger charge is 2.20. The summed E-state index contributed by atoms with van der Waals surface area (Å²) in [6.07, 6.45) is 2.02. The average molecular weight is 429 g/mol. The second-order valence-corrected chi connectivity index (χ2v) is 8.02. The Balaban J connectivity index is 1.79. The van der Waals surface area contributed by atoms with E-state index < -0.39 is 5.97 Å². The standard InChI is InChI=1S/C21H24N4O2S2/c1-5-25-12-17(14(3)24-25)13(2)22-21(28)23-19-16(20(26)27-4)11-18(29-19)15-9-7-6-8-10-15/h6-13H,5H2,1-4H3,(H2,22,23,28)/t13-/m0/s1. The maximum Gasteiger partial charge on any atom is 0.340 e. The van der Waals surface area contributed by atoms with Gasteiger partial charge in [-0.1, -0.05) is 30.3 Å². The number of benzene rings is 1. The normalized spacial score (nSPS) is 11.7. The molecule has 1 atom stereocenters. The fraction of sp³-hybridized carbons (Fsp3) is 0.286. The third-order valence-corrected chi connectivity index (χ3v) is 5.86. The zero-order valence-corrected chi connectivity index (χ0v) is 18.5. The molecule has 3 aromatic rings. The minimum Gasteiger partial charge on any atom is -0.465 e. The molecular formula is C21H24N4O2S2. The van der Waals surface area contributed by atoms with Crippen LogP contribution in [0, 0.1) is 6.92 Å². The highest BCUT2D eigenvalue weighted by molar-refractivity contribution is 7.80. The molecule has 2 heterocycles. The number of nitrogens with zero attached hydrogens (tertiary/aromatic N) is 2. The van der Waals surface area contributed by atoms with Crippen molar-refractivity contribution >= 4 is 39.6 Å². The van der Waals surface area contributed by atoms with Crippen LogP contribution in [0.5, 0.6) is 0 Å². The molecule has 0 radical (unpaired) electrons. The first-order chi connectivity index (χ1) is 13.9. The van der Waals surface area contributed by atoms with Gasteiger partial charge in [-0.15, -0.1) is 11.3 Å². The molecule has 2 aromatic heterocycles. The van der Waals surface area contributed by atoms with Gasteiger partial charge < -0.3 is 15.4 Å². The summed E-state index contributed by atoms with van der Waals surface area (Å²) in [6.45, 7) is 6.88. The molecule has 3 rings (SSSR count). The summed E-state index contributed by atoms with van der Waals surface area (Å²) in [4.78, 5) is 13.2. The third-order valence-electron chi connectivity index (χ3n) is 4.55. The SMILES string of the molecule is CCn1cc([C@H](C)NC(=S)Nc2sc(-c3ccccc3)cc2C(=O)OC)c(C)n1. The molecule has 2 N–H and O–H groups in total. The minimum atomic E-state index is -0.401. The number of methoxy groups -OCH3 is 1. The fourth-order valence-electron chi connectivity index (χ4n) is 3.02. The van der Waals surface area contributed by atoms with Crippen molar-refractivity contribution in [2.75, 3.05) is 12.4 Å². The van der Waals surface area contributed by atoms with E-state index in [0.717, 1.165) is 28.2 Å². The molecule has 6 nitrogen and oxygen atoms in total. The van der Waals surface area contributed by atoms with Crippen LogP contribution in [0.4, 0.5) is 5.00 Å². The van der Waals surface area contributed by atoms with Crippen molar-refractivity contribution in [2.24, 2.45) is 0 Å². The molecular weight excluding hydrogens is 404 g/mol. The van der Waals surface area contributed by atoms with Gasteiger partial charge in [-0.05, 0) is 44.6 Å². The van der Waals surface area contributed by atoms with Gasteiger partial charge in [0.1, 0.15) is 5.00 Å². The maximum absolute atomic E-state index is 12.3. The predicted octanol–water partition coefficient (Wildman–Crippen LogP) is 4.77. The summed E-state index contributed by atoms with van der Waals surface area (Å²) in [5.41, 5.74) is 3.54. The number of nitrogens with one attached hydrogen (secondary N) is 2. The van der Waals surface area contributed by atoms with Gasteiger partial charge in [-0.25, -0.2) is 4.79 Å². The Morgan fingerprint density at radius 3 is 2.69 bits per heavy atom. The van der Waals surface area contributed by atoms with Crippen LogP contribution in [0.2, 0.25) is 0 Å². The molecule has 29 heavy (non-hydrogen) atoms. The van der Waals surface area contributed by atoms with Crippen molar-refractivity contribution in [1.82, 2.24) is 15.1 Å². The Morgan fingerprint density at radius 2 is 2.07 bits per heavy atom. The van der Waals surface area contributed by atoms with E-state index >= 15 is 0 Å². The van der Waals surface area contributed by atoms with Gasteiger partial charge in [0, 0.05) is 23.2 Å². The molecule has 8 heteroatoms. The van der Waals surface area contributed by atoms with Gasteiger partial charge in [0.25, 0.3) is 0 Å². The van der Waals surface area contributed by atoms with Crippen LogP contribution >= 0.6 is 23.6 Å². The van der Waals surface area contributed by atoms with Crippen LogP contribution in [0.15, 0.2) is 42.6 Å². The lowest BCUT2D eigenvalue weighted by Crippen LogP contribution is -2.31. The third kappa shape index (κ3) is 4.83. The zero-order chi connectivity index (χ0) is 21.0. The second kappa shape index (κ2) is 9.19. The maximum atomic E-state index is 12.3. The van der Waals surface area contributed by atoms with Crippen LogP contribution < -0.4 is 10.6 Å². The van der Waals surface area contributed by atoms with Crippen molar-refractivity contribution in [3.63, 3.8) is 0 Å². The Labute approximate surface area is 179 Å². The molecule has 1 aromatic carbocycles. The van der Waals surface area contributed by atoms with Crippen molar-refractivity contribution in [3.05, 3.63) is 59.4 Å². The predicted molar refractivity (Wildman–Crippen MR) is 122 cm³/mol. The smallest absolute Gasteiger partial charge is 0.340 e. The highest BCUT2D eigenvalue weighted by atomic mass is 32.1. The van der Waals surface area contributed by atoms with Gasteiger partial charge >= 0.3 is 5.97 Å². The quantitative estimate of drug-likeness (QED) is 0.435. The number of thiocarbonyl (C=S) groups is 1. The number of anilines is 1. The summed E-state index contributed by atoms with van der Waals surface area (Å²) in [5.74, 6) is -0.401. The lowest BCUT2D eigenvalue weighted by atomic mass is 10.1. The summed E-state index contributed by atoms with van der Waals surface area (Å²) >= 11 is 6.97. The highest BCUT2D eigenvalue weighted by Crippen LogP contribution is 2.36. The van der Waals surface area contributed by atoms with E-state index in [9.17, 15) is 4.79 Å². The molecule has 0 aliphatic carbocycles. The molecule has 0 saturated carbocycles. The van der Waals surface area contributed by atoms with Crippen molar-refractivity contribution in [2.45, 2.75) is 33.4 Å². The first kappa shape index (κ1) is 21.0. The number of esters is 1. The monoisotopic (exact) mass is 428 g/mol. The summed E-state index contributed by atoms with van der Waals surface area (Å²) < 4.78 is 6.84. The van der Waals surface area contributed by atoms with Crippen molar-refractivity contribution < 1.29 is 9.53 Å². The number of carbonyl (C=O) groups is 1. The Bertz CT molecular complexity index is 1010. The molecule has 0 aliphatic heterocycles.